The second-order valence-electron chi connectivity index (χ2n) is 3.67. The van der Waals surface area contributed by atoms with Gasteiger partial charge in [0.05, 0.1) is 5.69 Å². The molecule has 1 aromatic heterocycles. The van der Waals surface area contributed by atoms with E-state index in [2.05, 4.69) is 5.10 Å². The molecule has 78 valence electrons. The van der Waals surface area contributed by atoms with Crippen molar-refractivity contribution in [3.63, 3.8) is 0 Å². The molecule has 1 atom stereocenters. The Bertz CT molecular complexity index is 389. The third kappa shape index (κ3) is 1.86. The molecule has 14 heavy (non-hydrogen) atoms. The van der Waals surface area contributed by atoms with Gasteiger partial charge in [0.25, 0.3) is 5.56 Å². The molecule has 1 unspecified atom stereocenters. The number of nitrogens with zero attached hydrogens (tertiary/aromatic N) is 1. The highest BCUT2D eigenvalue weighted by Crippen LogP contribution is 2.21. The third-order valence-corrected chi connectivity index (χ3v) is 2.17. The zero-order valence-electron chi connectivity index (χ0n) is 8.44. The van der Waals surface area contributed by atoms with E-state index in [4.69, 9.17) is 5.11 Å². The summed E-state index contributed by atoms with van der Waals surface area (Å²) < 4.78 is 1.27. The van der Waals surface area contributed by atoms with E-state index in [-0.39, 0.29) is 11.5 Å². The van der Waals surface area contributed by atoms with Gasteiger partial charge in [-0.25, -0.2) is 0 Å². The van der Waals surface area contributed by atoms with Crippen LogP contribution in [0.3, 0.4) is 0 Å². The molecule has 1 aromatic rings. The van der Waals surface area contributed by atoms with Gasteiger partial charge in [0, 0.05) is 13.1 Å². The molecule has 5 heteroatoms. The van der Waals surface area contributed by atoms with Crippen molar-refractivity contribution in [2.75, 3.05) is 0 Å². The number of H-pyrrole nitrogens is 1. The van der Waals surface area contributed by atoms with Crippen molar-refractivity contribution in [2.24, 2.45) is 13.0 Å². The first kappa shape index (κ1) is 10.6. The highest BCUT2D eigenvalue weighted by atomic mass is 16.4. The molecule has 0 saturated heterocycles. The maximum Gasteiger partial charge on any atom is 0.312 e. The van der Waals surface area contributed by atoms with Crippen LogP contribution in [0.4, 0.5) is 0 Å². The van der Waals surface area contributed by atoms with Crippen LogP contribution in [0.1, 0.15) is 25.5 Å². The number of hydrogen-bond donors (Lipinski definition) is 2. The number of carbonyl (C=O) groups is 1. The Labute approximate surface area is 81.3 Å². The molecule has 0 bridgehead atoms. The minimum absolute atomic E-state index is 0.0504. The number of aryl methyl sites for hydroxylation is 1. The molecule has 0 amide bonds. The topological polar surface area (TPSA) is 75.1 Å². The van der Waals surface area contributed by atoms with Gasteiger partial charge >= 0.3 is 5.97 Å². The summed E-state index contributed by atoms with van der Waals surface area (Å²) in [5.74, 6) is -1.61. The first-order valence-electron chi connectivity index (χ1n) is 4.42. The molecule has 0 aliphatic rings. The molecule has 5 nitrogen and oxygen atoms in total. The first-order valence-corrected chi connectivity index (χ1v) is 4.42. The lowest BCUT2D eigenvalue weighted by molar-refractivity contribution is -0.140. The highest BCUT2D eigenvalue weighted by molar-refractivity contribution is 5.75. The van der Waals surface area contributed by atoms with E-state index in [0.717, 1.165) is 0 Å². The average Bonchev–Trinajstić information content (AvgIpc) is 2.29. The largest absolute Gasteiger partial charge is 0.481 e. The Morgan fingerprint density at radius 1 is 1.57 bits per heavy atom. The van der Waals surface area contributed by atoms with E-state index in [1.165, 1.54) is 10.7 Å². The van der Waals surface area contributed by atoms with Crippen LogP contribution < -0.4 is 5.56 Å². The van der Waals surface area contributed by atoms with Gasteiger partial charge in [-0.1, -0.05) is 13.8 Å². The number of carboxylic acid groups (broad SMARTS) is 1. The molecule has 0 aliphatic heterocycles. The smallest absolute Gasteiger partial charge is 0.312 e. The Morgan fingerprint density at radius 2 is 2.14 bits per heavy atom. The number of aromatic amines is 1. The van der Waals surface area contributed by atoms with Gasteiger partial charge in [-0.05, 0) is 5.92 Å². The van der Waals surface area contributed by atoms with Gasteiger partial charge in [0.15, 0.2) is 0 Å². The Morgan fingerprint density at radius 3 is 2.43 bits per heavy atom. The number of nitrogens with one attached hydrogen (secondary N) is 1. The van der Waals surface area contributed by atoms with E-state index in [1.807, 2.05) is 13.8 Å². The lowest BCUT2D eigenvalue weighted by Crippen LogP contribution is -2.18. The van der Waals surface area contributed by atoms with Crippen molar-refractivity contribution in [3.05, 3.63) is 22.1 Å². The Balaban J connectivity index is 3.12. The first-order chi connectivity index (χ1) is 6.43. The van der Waals surface area contributed by atoms with Gasteiger partial charge in [0.1, 0.15) is 5.92 Å². The summed E-state index contributed by atoms with van der Waals surface area (Å²) in [4.78, 5) is 22.1. The summed E-state index contributed by atoms with van der Waals surface area (Å²) >= 11 is 0. The molecule has 1 heterocycles. The van der Waals surface area contributed by atoms with Gasteiger partial charge in [0.2, 0.25) is 0 Å². The predicted molar refractivity (Wildman–Crippen MR) is 51.2 cm³/mol. The standard InChI is InChI=1S/C9H14N2O3/c1-5(2)8(9(13)14)6-4-7(12)11(3)10-6/h4-5,8,10H,1-3H3,(H,13,14). The summed E-state index contributed by atoms with van der Waals surface area (Å²) in [6, 6.07) is 1.33. The Hall–Kier alpha value is -1.52. The molecule has 0 aliphatic carbocycles. The van der Waals surface area contributed by atoms with Crippen LogP contribution in [0.2, 0.25) is 0 Å². The molecule has 0 aromatic carbocycles. The minimum atomic E-state index is -0.915. The van der Waals surface area contributed by atoms with E-state index in [0.29, 0.717) is 5.69 Å². The fourth-order valence-electron chi connectivity index (χ4n) is 1.45. The van der Waals surface area contributed by atoms with Crippen molar-refractivity contribution in [3.8, 4) is 0 Å². The zero-order chi connectivity index (χ0) is 10.9. The zero-order valence-corrected chi connectivity index (χ0v) is 8.44. The van der Waals surface area contributed by atoms with Gasteiger partial charge in [-0.2, -0.15) is 0 Å². The second kappa shape index (κ2) is 3.69. The van der Waals surface area contributed by atoms with E-state index in [1.54, 1.807) is 7.05 Å². The molecule has 0 radical (unpaired) electrons. The van der Waals surface area contributed by atoms with Crippen LogP contribution in [0, 0.1) is 5.92 Å². The van der Waals surface area contributed by atoms with Gasteiger partial charge in [-0.15, -0.1) is 0 Å². The normalized spacial score (nSPS) is 13.1. The quantitative estimate of drug-likeness (QED) is 0.744. The fraction of sp³-hybridized carbons (Fsp3) is 0.556. The molecular formula is C9H14N2O3. The predicted octanol–water partition coefficient (Wildman–Crippen LogP) is 0.538. The number of rotatable bonds is 3. The molecule has 0 fully saturated rings. The lowest BCUT2D eigenvalue weighted by Gasteiger charge is -2.13. The number of aromatic nitrogens is 2. The molecule has 2 N–H and O–H groups in total. The Kier molecular flexibility index (Phi) is 2.78. The van der Waals surface area contributed by atoms with Crippen LogP contribution in [-0.2, 0) is 11.8 Å². The average molecular weight is 198 g/mol. The van der Waals surface area contributed by atoms with Gasteiger partial charge < -0.3 is 5.11 Å². The molecule has 1 rings (SSSR count). The second-order valence-corrected chi connectivity index (χ2v) is 3.67. The fourth-order valence-corrected chi connectivity index (χ4v) is 1.45. The van der Waals surface area contributed by atoms with Crippen LogP contribution >= 0.6 is 0 Å². The molecule has 0 spiro atoms. The van der Waals surface area contributed by atoms with Crippen LogP contribution in [0.25, 0.3) is 0 Å². The van der Waals surface area contributed by atoms with Crippen LogP contribution in [0.5, 0.6) is 0 Å². The van der Waals surface area contributed by atoms with E-state index in [9.17, 15) is 9.59 Å². The van der Waals surface area contributed by atoms with Crippen molar-refractivity contribution < 1.29 is 9.90 Å². The number of hydrogen-bond acceptors (Lipinski definition) is 2. The number of carboxylic acids is 1. The van der Waals surface area contributed by atoms with E-state index >= 15 is 0 Å². The van der Waals surface area contributed by atoms with Crippen molar-refractivity contribution in [1.82, 2.24) is 9.78 Å². The summed E-state index contributed by atoms with van der Waals surface area (Å²) in [5.41, 5.74) is 0.243. The summed E-state index contributed by atoms with van der Waals surface area (Å²) in [5, 5.41) is 11.7. The van der Waals surface area contributed by atoms with Crippen LogP contribution in [-0.4, -0.2) is 20.9 Å². The third-order valence-electron chi connectivity index (χ3n) is 2.17. The maximum absolute atomic E-state index is 11.1. The van der Waals surface area contributed by atoms with Crippen molar-refractivity contribution >= 4 is 5.97 Å². The summed E-state index contributed by atoms with van der Waals surface area (Å²) in [6.45, 7) is 3.62. The van der Waals surface area contributed by atoms with Gasteiger partial charge in [-0.3, -0.25) is 19.4 Å². The van der Waals surface area contributed by atoms with Crippen molar-refractivity contribution in [1.29, 1.82) is 0 Å². The summed E-state index contributed by atoms with van der Waals surface area (Å²) in [7, 11) is 1.56. The minimum Gasteiger partial charge on any atom is -0.481 e. The highest BCUT2D eigenvalue weighted by Gasteiger charge is 2.25. The van der Waals surface area contributed by atoms with Crippen molar-refractivity contribution in [2.45, 2.75) is 19.8 Å². The molecule has 0 saturated carbocycles. The molecular weight excluding hydrogens is 184 g/mol. The number of aliphatic carboxylic acids is 1. The lowest BCUT2D eigenvalue weighted by atomic mass is 9.93. The van der Waals surface area contributed by atoms with E-state index < -0.39 is 11.9 Å². The maximum atomic E-state index is 11.1. The van der Waals surface area contributed by atoms with Crippen LogP contribution in [0.15, 0.2) is 10.9 Å². The SMILES string of the molecule is CC(C)C(C(=O)O)c1cc(=O)n(C)[nH]1. The summed E-state index contributed by atoms with van der Waals surface area (Å²) in [6.07, 6.45) is 0. The monoisotopic (exact) mass is 198 g/mol.